The minimum absolute atomic E-state index is 0.0807. The molecule has 1 amide bonds. The van der Waals surface area contributed by atoms with Gasteiger partial charge in [-0.3, -0.25) is 9.59 Å². The smallest absolute Gasteiger partial charge is 0.307 e. The summed E-state index contributed by atoms with van der Waals surface area (Å²) < 4.78 is 11.0. The number of esters is 1. The first-order valence-electron chi connectivity index (χ1n) is 7.57. The van der Waals surface area contributed by atoms with E-state index in [9.17, 15) is 14.7 Å². The van der Waals surface area contributed by atoms with Crippen LogP contribution in [0.4, 0.5) is 0 Å². The molecule has 136 valence electrons. The van der Waals surface area contributed by atoms with Gasteiger partial charge in [-0.1, -0.05) is 13.8 Å². The van der Waals surface area contributed by atoms with Crippen molar-refractivity contribution in [3.05, 3.63) is 0 Å². The summed E-state index contributed by atoms with van der Waals surface area (Å²) in [5.41, 5.74) is -0.710. The van der Waals surface area contributed by atoms with E-state index in [1.54, 1.807) is 20.1 Å². The van der Waals surface area contributed by atoms with Gasteiger partial charge in [0.2, 0.25) is 5.91 Å². The molecule has 0 radical (unpaired) electrons. The third-order valence-corrected chi connectivity index (χ3v) is 3.54. The van der Waals surface area contributed by atoms with Gasteiger partial charge in [0.05, 0.1) is 34.2 Å². The van der Waals surface area contributed by atoms with Gasteiger partial charge in [-0.05, 0) is 12.0 Å². The molecule has 0 aliphatic heterocycles. The zero-order valence-electron chi connectivity index (χ0n) is 15.0. The molecular weight excluding hydrogens is 320 g/mol. The number of ether oxygens (including phenoxy) is 1. The molecule has 23 heavy (non-hydrogen) atoms. The molecule has 0 saturated carbocycles. The summed E-state index contributed by atoms with van der Waals surface area (Å²) >= 11 is 1.18. The summed E-state index contributed by atoms with van der Waals surface area (Å²) in [6.07, 6.45) is 0.646. The van der Waals surface area contributed by atoms with Crippen LogP contribution in [0.1, 0.15) is 20.3 Å². The van der Waals surface area contributed by atoms with Crippen LogP contribution in [-0.4, -0.2) is 81.3 Å². The Morgan fingerprint density at radius 3 is 2.43 bits per heavy atom. The van der Waals surface area contributed by atoms with E-state index in [4.69, 9.17) is 8.92 Å². The Kier molecular flexibility index (Phi) is 9.76. The summed E-state index contributed by atoms with van der Waals surface area (Å²) in [5, 5.41) is 12.6. The second-order valence-corrected chi connectivity index (χ2v) is 7.66. The number of rotatable bonds is 11. The second kappa shape index (κ2) is 10.1. The Labute approximate surface area is 143 Å². The topological polar surface area (TPSA) is 84.9 Å². The van der Waals surface area contributed by atoms with E-state index in [-0.39, 0.29) is 25.5 Å². The van der Waals surface area contributed by atoms with Crippen molar-refractivity contribution in [3.8, 4) is 0 Å². The highest BCUT2D eigenvalue weighted by molar-refractivity contribution is 7.93. The van der Waals surface area contributed by atoms with Crippen LogP contribution in [0.15, 0.2) is 0 Å². The van der Waals surface area contributed by atoms with Gasteiger partial charge in [0.15, 0.2) is 0 Å². The van der Waals surface area contributed by atoms with Crippen LogP contribution in [-0.2, 0) is 18.5 Å². The maximum Gasteiger partial charge on any atom is 0.307 e. The average molecular weight is 351 g/mol. The summed E-state index contributed by atoms with van der Waals surface area (Å²) in [6, 6.07) is 0. The Morgan fingerprint density at radius 1 is 1.30 bits per heavy atom. The lowest BCUT2D eigenvalue weighted by molar-refractivity contribution is -0.870. The van der Waals surface area contributed by atoms with E-state index >= 15 is 0 Å². The van der Waals surface area contributed by atoms with Crippen molar-refractivity contribution in [2.45, 2.75) is 26.4 Å². The lowest BCUT2D eigenvalue weighted by Crippen LogP contribution is -2.46. The number of nitrogens with zero attached hydrogens (tertiary/aromatic N) is 1. The van der Waals surface area contributed by atoms with Crippen molar-refractivity contribution >= 4 is 23.9 Å². The Balaban J connectivity index is 4.03. The molecule has 0 aliphatic rings. The Hall–Kier alpha value is -0.830. The molecule has 0 rings (SSSR count). The van der Waals surface area contributed by atoms with Crippen molar-refractivity contribution < 1.29 is 28.1 Å². The third-order valence-electron chi connectivity index (χ3n) is 3.19. The van der Waals surface area contributed by atoms with Gasteiger partial charge >= 0.3 is 5.97 Å². The first-order valence-corrected chi connectivity index (χ1v) is 8.72. The normalized spacial score (nSPS) is 13.5. The van der Waals surface area contributed by atoms with Crippen LogP contribution in [0.2, 0.25) is 0 Å². The highest BCUT2D eigenvalue weighted by atomic mass is 32.2. The van der Waals surface area contributed by atoms with Crippen LogP contribution < -0.4 is 5.32 Å². The number of hydrogen-bond donors (Lipinski definition) is 2. The molecule has 1 atom stereocenters. The zero-order chi connectivity index (χ0) is 18.1. The molecule has 2 N–H and O–H groups in total. The van der Waals surface area contributed by atoms with Gasteiger partial charge in [-0.15, -0.1) is 0 Å². The third kappa shape index (κ3) is 10.5. The predicted octanol–water partition coefficient (Wildman–Crippen LogP) is 0.424. The van der Waals surface area contributed by atoms with Gasteiger partial charge < -0.3 is 23.8 Å². The number of quaternary nitrogens is 1. The molecule has 0 aliphatic carbocycles. The van der Waals surface area contributed by atoms with E-state index in [1.807, 2.05) is 21.1 Å². The fourth-order valence-corrected chi connectivity index (χ4v) is 1.96. The first-order chi connectivity index (χ1) is 10.5. The largest absolute Gasteiger partial charge is 0.460 e. The van der Waals surface area contributed by atoms with E-state index in [0.717, 1.165) is 6.54 Å². The van der Waals surface area contributed by atoms with Crippen LogP contribution in [0.25, 0.3) is 0 Å². The fraction of sp³-hybridized carbons (Fsp3) is 0.867. The molecule has 0 heterocycles. The number of amides is 1. The fourth-order valence-electron chi connectivity index (χ4n) is 1.53. The van der Waals surface area contributed by atoms with Crippen molar-refractivity contribution in [1.29, 1.82) is 0 Å². The lowest BCUT2D eigenvalue weighted by atomic mass is 9.87. The second-order valence-electron chi connectivity index (χ2n) is 7.10. The van der Waals surface area contributed by atoms with Crippen molar-refractivity contribution in [2.24, 2.45) is 5.41 Å². The molecular formula is C15H31N2O5S+. The molecule has 1 unspecified atom stereocenters. The molecule has 8 heteroatoms. The van der Waals surface area contributed by atoms with E-state index in [0.29, 0.717) is 11.1 Å². The summed E-state index contributed by atoms with van der Waals surface area (Å²) in [4.78, 5) is 23.5. The van der Waals surface area contributed by atoms with Gasteiger partial charge in [-0.2, -0.15) is 0 Å². The first kappa shape index (κ1) is 22.2. The maximum absolute atomic E-state index is 11.9. The zero-order valence-corrected chi connectivity index (χ0v) is 15.9. The molecule has 0 spiro atoms. The van der Waals surface area contributed by atoms with E-state index < -0.39 is 17.4 Å². The summed E-state index contributed by atoms with van der Waals surface area (Å²) in [6.45, 7) is 4.94. The Bertz CT molecular complexity index is 383. The maximum atomic E-state index is 11.9. The molecule has 0 saturated heterocycles. The van der Waals surface area contributed by atoms with Crippen LogP contribution in [0, 0.1) is 5.41 Å². The number of carbonyl (C=O) groups is 2. The minimum Gasteiger partial charge on any atom is -0.460 e. The molecule has 0 aromatic heterocycles. The lowest BCUT2D eigenvalue weighted by Gasteiger charge is -2.28. The Morgan fingerprint density at radius 2 is 1.91 bits per heavy atom. The van der Waals surface area contributed by atoms with Crippen LogP contribution in [0.5, 0.6) is 0 Å². The molecule has 0 aromatic rings. The highest BCUT2D eigenvalue weighted by Crippen LogP contribution is 2.23. The average Bonchev–Trinajstić information content (AvgIpc) is 2.42. The van der Waals surface area contributed by atoms with E-state index in [1.165, 1.54) is 12.0 Å². The quantitative estimate of drug-likeness (QED) is 0.319. The monoisotopic (exact) mass is 351 g/mol. The van der Waals surface area contributed by atoms with Crippen molar-refractivity contribution in [1.82, 2.24) is 5.32 Å². The predicted molar refractivity (Wildman–Crippen MR) is 90.7 cm³/mol. The molecule has 7 nitrogen and oxygen atoms in total. The minimum atomic E-state index is -1.20. The molecule has 0 bridgehead atoms. The molecule has 0 aromatic carbocycles. The summed E-state index contributed by atoms with van der Waals surface area (Å²) in [7, 11) is 6.04. The van der Waals surface area contributed by atoms with Gasteiger partial charge in [-0.25, -0.2) is 0 Å². The number of hydrogen-bond acceptors (Lipinski definition) is 6. The standard InChI is InChI=1S/C15H30N2O5S/c1-15(2,11-22-23-6)13(19)14(20)16-8-7-12(18)21-10-9-17(3,4)5/h13,19H,7-11H2,1-6H3/p+1. The van der Waals surface area contributed by atoms with Crippen LogP contribution >= 0.6 is 12.0 Å². The van der Waals surface area contributed by atoms with Crippen molar-refractivity contribution in [2.75, 3.05) is 53.7 Å². The van der Waals surface area contributed by atoms with Gasteiger partial charge in [0.25, 0.3) is 0 Å². The van der Waals surface area contributed by atoms with E-state index in [2.05, 4.69) is 5.32 Å². The number of aliphatic hydroxyl groups is 1. The van der Waals surface area contributed by atoms with Crippen molar-refractivity contribution in [3.63, 3.8) is 0 Å². The number of carbonyl (C=O) groups excluding carboxylic acids is 2. The number of nitrogens with one attached hydrogen (secondary N) is 1. The number of aliphatic hydroxyl groups excluding tert-OH is 1. The highest BCUT2D eigenvalue weighted by Gasteiger charge is 2.33. The number of likely N-dealkylation sites (N-methyl/N-ethyl adjacent to an activating group) is 1. The van der Waals surface area contributed by atoms with Gasteiger partial charge in [0.1, 0.15) is 19.3 Å². The van der Waals surface area contributed by atoms with Gasteiger partial charge in [0, 0.05) is 18.2 Å². The molecule has 0 fully saturated rings. The summed E-state index contributed by atoms with van der Waals surface area (Å²) in [5.74, 6) is -0.878. The van der Waals surface area contributed by atoms with Crippen LogP contribution in [0.3, 0.4) is 0 Å². The SMILES string of the molecule is CSOCC(C)(C)C(O)C(=O)NCCC(=O)OCC[N+](C)(C)C.